The van der Waals surface area contributed by atoms with Crippen LogP contribution < -0.4 is 5.73 Å². The van der Waals surface area contributed by atoms with E-state index in [2.05, 4.69) is 24.8 Å². The standard InChI is InChI=1S/C16H27ClN2S/c1-12(2)9-10-19(13-5-3-4-6-13)14(11-18)15-7-8-16(17)20-15/h7-8,12-14H,3-6,9-11,18H2,1-2H3. The molecule has 0 radical (unpaired) electrons. The summed E-state index contributed by atoms with van der Waals surface area (Å²) in [5.41, 5.74) is 6.11. The van der Waals surface area contributed by atoms with E-state index in [1.54, 1.807) is 11.3 Å². The fourth-order valence-corrected chi connectivity index (χ4v) is 4.35. The molecule has 1 aromatic rings. The summed E-state index contributed by atoms with van der Waals surface area (Å²) < 4.78 is 0.869. The van der Waals surface area contributed by atoms with Gasteiger partial charge in [-0.05, 0) is 43.9 Å². The summed E-state index contributed by atoms with van der Waals surface area (Å²) in [6.07, 6.45) is 6.63. The van der Waals surface area contributed by atoms with Gasteiger partial charge in [-0.15, -0.1) is 11.3 Å². The Labute approximate surface area is 132 Å². The van der Waals surface area contributed by atoms with Gasteiger partial charge in [-0.25, -0.2) is 0 Å². The molecule has 2 nitrogen and oxygen atoms in total. The average Bonchev–Trinajstić information content (AvgIpc) is 3.05. The molecule has 0 saturated heterocycles. The van der Waals surface area contributed by atoms with Crippen LogP contribution in [-0.4, -0.2) is 24.0 Å². The third kappa shape index (κ3) is 4.20. The van der Waals surface area contributed by atoms with Crippen molar-refractivity contribution >= 4 is 22.9 Å². The molecule has 0 bridgehead atoms. The molecular weight excluding hydrogens is 288 g/mol. The molecule has 2 N–H and O–H groups in total. The number of hydrogen-bond acceptors (Lipinski definition) is 3. The van der Waals surface area contributed by atoms with Crippen LogP contribution in [0.2, 0.25) is 4.34 Å². The van der Waals surface area contributed by atoms with E-state index < -0.39 is 0 Å². The zero-order chi connectivity index (χ0) is 14.5. The lowest BCUT2D eigenvalue weighted by molar-refractivity contribution is 0.133. The first-order chi connectivity index (χ1) is 9.61. The molecule has 20 heavy (non-hydrogen) atoms. The van der Waals surface area contributed by atoms with Crippen molar-refractivity contribution in [3.63, 3.8) is 0 Å². The molecular formula is C16H27ClN2S. The Hall–Kier alpha value is -0.0900. The molecule has 1 unspecified atom stereocenters. The Morgan fingerprint density at radius 2 is 2.05 bits per heavy atom. The zero-order valence-corrected chi connectivity index (χ0v) is 14.2. The summed E-state index contributed by atoms with van der Waals surface area (Å²) in [6, 6.07) is 5.21. The number of nitrogens with two attached hydrogens (primary N) is 1. The predicted molar refractivity (Wildman–Crippen MR) is 89.5 cm³/mol. The quantitative estimate of drug-likeness (QED) is 0.791. The number of rotatable bonds is 7. The van der Waals surface area contributed by atoms with Crippen molar-refractivity contribution in [2.75, 3.05) is 13.1 Å². The van der Waals surface area contributed by atoms with E-state index in [4.69, 9.17) is 17.3 Å². The van der Waals surface area contributed by atoms with Gasteiger partial charge < -0.3 is 5.73 Å². The van der Waals surface area contributed by atoms with Gasteiger partial charge in [-0.2, -0.15) is 0 Å². The van der Waals surface area contributed by atoms with Gasteiger partial charge in [0.1, 0.15) is 0 Å². The van der Waals surface area contributed by atoms with Crippen LogP contribution in [0.15, 0.2) is 12.1 Å². The van der Waals surface area contributed by atoms with E-state index in [0.29, 0.717) is 18.6 Å². The minimum absolute atomic E-state index is 0.342. The maximum atomic E-state index is 6.11. The van der Waals surface area contributed by atoms with Gasteiger partial charge in [0.15, 0.2) is 0 Å². The van der Waals surface area contributed by atoms with Crippen LogP contribution in [-0.2, 0) is 0 Å². The topological polar surface area (TPSA) is 29.3 Å². The van der Waals surface area contributed by atoms with Gasteiger partial charge in [-0.3, -0.25) is 4.90 Å². The van der Waals surface area contributed by atoms with Crippen LogP contribution in [0, 0.1) is 5.92 Å². The highest BCUT2D eigenvalue weighted by Gasteiger charge is 2.29. The smallest absolute Gasteiger partial charge is 0.0931 e. The second-order valence-corrected chi connectivity index (χ2v) is 8.00. The molecule has 1 heterocycles. The molecule has 0 aliphatic heterocycles. The van der Waals surface area contributed by atoms with Crippen LogP contribution in [0.1, 0.15) is 56.9 Å². The SMILES string of the molecule is CC(C)CCN(C1CCCC1)C(CN)c1ccc(Cl)s1. The van der Waals surface area contributed by atoms with Gasteiger partial charge in [-0.1, -0.05) is 38.3 Å². The van der Waals surface area contributed by atoms with Gasteiger partial charge in [0.2, 0.25) is 0 Å². The second kappa shape index (κ2) is 7.79. The molecule has 0 spiro atoms. The normalized spacial score (nSPS) is 18.3. The van der Waals surface area contributed by atoms with Gasteiger partial charge >= 0.3 is 0 Å². The zero-order valence-electron chi connectivity index (χ0n) is 12.6. The van der Waals surface area contributed by atoms with Gasteiger partial charge in [0.25, 0.3) is 0 Å². The highest BCUT2D eigenvalue weighted by molar-refractivity contribution is 7.16. The largest absolute Gasteiger partial charge is 0.329 e. The molecule has 1 aromatic heterocycles. The van der Waals surface area contributed by atoms with Crippen LogP contribution >= 0.6 is 22.9 Å². The molecule has 114 valence electrons. The van der Waals surface area contributed by atoms with E-state index >= 15 is 0 Å². The molecule has 1 saturated carbocycles. The Balaban J connectivity index is 2.13. The van der Waals surface area contributed by atoms with E-state index in [1.807, 2.05) is 6.07 Å². The van der Waals surface area contributed by atoms with E-state index in [0.717, 1.165) is 16.8 Å². The first kappa shape index (κ1) is 16.3. The summed E-state index contributed by atoms with van der Waals surface area (Å²) in [4.78, 5) is 3.99. The summed E-state index contributed by atoms with van der Waals surface area (Å²) in [5, 5.41) is 0. The minimum Gasteiger partial charge on any atom is -0.329 e. The van der Waals surface area contributed by atoms with Crippen molar-refractivity contribution in [2.45, 2.75) is 58.0 Å². The molecule has 4 heteroatoms. The fourth-order valence-electron chi connectivity index (χ4n) is 3.16. The van der Waals surface area contributed by atoms with Crippen molar-refractivity contribution in [3.05, 3.63) is 21.3 Å². The van der Waals surface area contributed by atoms with Crippen molar-refractivity contribution < 1.29 is 0 Å². The molecule has 0 amide bonds. The number of halogens is 1. The summed E-state index contributed by atoms with van der Waals surface area (Å²) in [6.45, 7) is 6.43. The third-order valence-corrected chi connectivity index (χ3v) is 5.64. The number of nitrogens with zero attached hydrogens (tertiary/aromatic N) is 1. The molecule has 1 aliphatic carbocycles. The number of hydrogen-bond donors (Lipinski definition) is 1. The van der Waals surface area contributed by atoms with Crippen LogP contribution in [0.25, 0.3) is 0 Å². The Kier molecular flexibility index (Phi) is 6.34. The van der Waals surface area contributed by atoms with Crippen molar-refractivity contribution in [1.82, 2.24) is 4.90 Å². The van der Waals surface area contributed by atoms with E-state index in [1.165, 1.54) is 37.0 Å². The van der Waals surface area contributed by atoms with Gasteiger partial charge in [0.05, 0.1) is 10.4 Å². The predicted octanol–water partition coefficient (Wildman–Crippen LogP) is 4.69. The molecule has 1 aliphatic rings. The molecule has 0 aromatic carbocycles. The minimum atomic E-state index is 0.342. The van der Waals surface area contributed by atoms with E-state index in [9.17, 15) is 0 Å². The molecule has 1 fully saturated rings. The summed E-state index contributed by atoms with van der Waals surface area (Å²) in [7, 11) is 0. The number of thiophene rings is 1. The van der Waals surface area contributed by atoms with Crippen molar-refractivity contribution in [3.8, 4) is 0 Å². The van der Waals surface area contributed by atoms with Crippen LogP contribution in [0.5, 0.6) is 0 Å². The van der Waals surface area contributed by atoms with Gasteiger partial charge in [0, 0.05) is 17.5 Å². The van der Waals surface area contributed by atoms with Crippen molar-refractivity contribution in [1.29, 1.82) is 0 Å². The highest BCUT2D eigenvalue weighted by Crippen LogP contribution is 2.35. The first-order valence-corrected chi connectivity index (χ1v) is 9.02. The maximum Gasteiger partial charge on any atom is 0.0931 e. The lowest BCUT2D eigenvalue weighted by Gasteiger charge is -2.36. The monoisotopic (exact) mass is 314 g/mol. The Morgan fingerprint density at radius 3 is 2.55 bits per heavy atom. The van der Waals surface area contributed by atoms with Crippen LogP contribution in [0.3, 0.4) is 0 Å². The average molecular weight is 315 g/mol. The summed E-state index contributed by atoms with van der Waals surface area (Å²) in [5.74, 6) is 0.740. The summed E-state index contributed by atoms with van der Waals surface area (Å²) >= 11 is 7.80. The third-order valence-electron chi connectivity index (χ3n) is 4.30. The lowest BCUT2D eigenvalue weighted by atomic mass is 10.1. The van der Waals surface area contributed by atoms with Crippen molar-refractivity contribution in [2.24, 2.45) is 11.7 Å². The van der Waals surface area contributed by atoms with Crippen LogP contribution in [0.4, 0.5) is 0 Å². The lowest BCUT2D eigenvalue weighted by Crippen LogP contribution is -2.41. The van der Waals surface area contributed by atoms with E-state index in [-0.39, 0.29) is 0 Å². The fraction of sp³-hybridized carbons (Fsp3) is 0.750. The first-order valence-electron chi connectivity index (χ1n) is 7.83. The second-order valence-electron chi connectivity index (χ2n) is 6.25. The Morgan fingerprint density at radius 1 is 1.35 bits per heavy atom. The maximum absolute atomic E-state index is 6.11. The molecule has 1 atom stereocenters. The highest BCUT2D eigenvalue weighted by atomic mass is 35.5. The molecule has 2 rings (SSSR count). The Bertz CT molecular complexity index is 399.